The Hall–Kier alpha value is -4.50. The predicted octanol–water partition coefficient (Wildman–Crippen LogP) is 14.4. The molecule has 0 fully saturated rings. The van der Waals surface area contributed by atoms with Crippen LogP contribution in [-0.2, 0) is 17.4 Å². The molecule has 8 rings (SSSR count). The molecule has 6 aromatic rings. The second kappa shape index (κ2) is 17.4. The minimum absolute atomic E-state index is 0.422. The van der Waals surface area contributed by atoms with Crippen molar-refractivity contribution in [3.05, 3.63) is 188 Å². The normalized spacial score (nSPS) is 15.6. The molecule has 0 radical (unpaired) electrons. The molecular formula is C54H62O2SiZr. The van der Waals surface area contributed by atoms with Crippen LogP contribution in [0, 0.1) is 41.5 Å². The van der Waals surface area contributed by atoms with Crippen molar-refractivity contribution in [2.75, 3.05) is 0 Å². The molecule has 2 N–H and O–H groups in total. The Balaban J connectivity index is 0.000000231. The molecule has 0 saturated carbocycles. The van der Waals surface area contributed by atoms with Crippen LogP contribution in [0.5, 0.6) is 11.5 Å². The van der Waals surface area contributed by atoms with Gasteiger partial charge >= 0.3 is 232 Å². The minimum atomic E-state index is -3.55. The van der Waals surface area contributed by atoms with E-state index in [4.69, 9.17) is 0 Å². The number of phenols is 2. The van der Waals surface area contributed by atoms with Crippen molar-refractivity contribution in [2.45, 2.75) is 84.7 Å². The van der Waals surface area contributed by atoms with Gasteiger partial charge in [0.2, 0.25) is 0 Å². The molecule has 2 nitrogen and oxygen atoms in total. The van der Waals surface area contributed by atoms with Crippen molar-refractivity contribution in [3.8, 4) is 33.8 Å². The molecule has 0 bridgehead atoms. The molecule has 0 amide bonds. The third-order valence-electron chi connectivity index (χ3n) is 12.5. The van der Waals surface area contributed by atoms with Gasteiger partial charge in [0, 0.05) is 0 Å². The summed E-state index contributed by atoms with van der Waals surface area (Å²) in [5, 5.41) is 18.7. The van der Waals surface area contributed by atoms with E-state index < -0.39 is 17.4 Å². The maximum atomic E-state index is 9.33. The summed E-state index contributed by atoms with van der Waals surface area (Å²) >= 11 is -3.55. The topological polar surface area (TPSA) is 40.5 Å². The fourth-order valence-corrected chi connectivity index (χ4v) is 30.2. The van der Waals surface area contributed by atoms with Crippen LogP contribution in [0.1, 0.15) is 89.6 Å². The maximum absolute atomic E-state index is 9.33. The van der Waals surface area contributed by atoms with E-state index in [1.54, 1.807) is 22.3 Å². The predicted molar refractivity (Wildman–Crippen MR) is 251 cm³/mol. The zero-order valence-electron chi connectivity index (χ0n) is 36.4. The summed E-state index contributed by atoms with van der Waals surface area (Å²) in [4.78, 5) is 0. The van der Waals surface area contributed by atoms with Crippen molar-refractivity contribution >= 4 is 19.0 Å². The fraction of sp³-hybridized carbons (Fsp3) is 0.259. The SMILES string of the molecule is CCC1=Cc2c(-c3ccccc3)cccc2[CH]1[Zr]([CH3])([CH3])(=[SiH2])[CH]1C(CC)=Cc2c(-c3ccccc3)cccc21.Cc1cc(C)c(O)c(C)c1.Cc1cc(C)c(O)c(C)c1. The molecule has 2 atom stereocenters. The molecule has 2 unspecified atom stereocenters. The Kier molecular flexibility index (Phi) is 12.9. The first-order chi connectivity index (χ1) is 27.5. The average molecular weight is 862 g/mol. The molecule has 2 aliphatic rings. The molecule has 2 aliphatic carbocycles. The van der Waals surface area contributed by atoms with Gasteiger partial charge < -0.3 is 10.2 Å². The third-order valence-corrected chi connectivity index (χ3v) is 30.0. The molecule has 0 aromatic heterocycles. The monoisotopic (exact) mass is 860 g/mol. The number of phenolic OH excluding ortho intramolecular Hbond substituents is 2. The number of hydrogen-bond acceptors (Lipinski definition) is 2. The molecule has 0 saturated heterocycles. The summed E-state index contributed by atoms with van der Waals surface area (Å²) in [5.41, 5.74) is 21.0. The van der Waals surface area contributed by atoms with Crippen molar-refractivity contribution in [1.82, 2.24) is 0 Å². The smallest absolute Gasteiger partial charge is 0.121 e. The molecule has 6 aromatic carbocycles. The molecular weight excluding hydrogens is 800 g/mol. The second-order valence-corrected chi connectivity index (χ2v) is 48.3. The summed E-state index contributed by atoms with van der Waals surface area (Å²) in [6, 6.07) is 44.0. The summed E-state index contributed by atoms with van der Waals surface area (Å²) in [6.07, 6.45) is 7.38. The number of benzene rings is 6. The van der Waals surface area contributed by atoms with Crippen LogP contribution in [0.3, 0.4) is 0 Å². The number of aromatic hydroxyl groups is 2. The molecule has 58 heavy (non-hydrogen) atoms. The Morgan fingerprint density at radius 2 is 0.810 bits per heavy atom. The molecule has 0 aliphatic heterocycles. The quantitative estimate of drug-likeness (QED) is 0.164. The average Bonchev–Trinajstić information content (AvgIpc) is 3.80. The van der Waals surface area contributed by atoms with Crippen LogP contribution in [0.4, 0.5) is 0 Å². The summed E-state index contributed by atoms with van der Waals surface area (Å²) in [6.45, 7) is 18.9. The Morgan fingerprint density at radius 3 is 1.12 bits per heavy atom. The van der Waals surface area contributed by atoms with E-state index >= 15 is 0 Å². The van der Waals surface area contributed by atoms with E-state index in [1.807, 2.05) is 65.8 Å². The van der Waals surface area contributed by atoms with Crippen molar-refractivity contribution < 1.29 is 27.6 Å². The van der Waals surface area contributed by atoms with Gasteiger partial charge in [-0.05, 0) is 63.8 Å². The van der Waals surface area contributed by atoms with Gasteiger partial charge in [-0.3, -0.25) is 0 Å². The van der Waals surface area contributed by atoms with Gasteiger partial charge in [0.15, 0.2) is 0 Å². The van der Waals surface area contributed by atoms with E-state index in [2.05, 4.69) is 139 Å². The number of allylic oxidation sites excluding steroid dienone is 2. The van der Waals surface area contributed by atoms with E-state index in [-0.39, 0.29) is 0 Å². The third kappa shape index (κ3) is 8.61. The van der Waals surface area contributed by atoms with E-state index in [0.717, 1.165) is 35.1 Å². The van der Waals surface area contributed by atoms with Crippen LogP contribution < -0.4 is 0 Å². The van der Waals surface area contributed by atoms with Gasteiger partial charge in [-0.15, -0.1) is 0 Å². The van der Waals surface area contributed by atoms with Gasteiger partial charge in [0.05, 0.1) is 0 Å². The fourth-order valence-electron chi connectivity index (χ4n) is 10.0. The zero-order chi connectivity index (χ0) is 42.0. The molecule has 0 heterocycles. The second-order valence-electron chi connectivity index (χ2n) is 17.8. The Labute approximate surface area is 350 Å². The van der Waals surface area contributed by atoms with E-state index in [1.165, 1.54) is 44.5 Å². The van der Waals surface area contributed by atoms with Crippen LogP contribution in [0.2, 0.25) is 9.26 Å². The van der Waals surface area contributed by atoms with Crippen LogP contribution >= 0.6 is 0 Å². The molecule has 0 spiro atoms. The first-order valence-corrected chi connectivity index (χ1v) is 34.6. The Morgan fingerprint density at radius 1 is 0.483 bits per heavy atom. The van der Waals surface area contributed by atoms with Gasteiger partial charge in [-0.1, -0.05) is 35.4 Å². The number of rotatable bonds is 6. The Bertz CT molecular complexity index is 2370. The van der Waals surface area contributed by atoms with E-state index in [9.17, 15) is 10.2 Å². The first-order valence-electron chi connectivity index (χ1n) is 20.9. The van der Waals surface area contributed by atoms with Crippen LogP contribution in [-0.4, -0.2) is 17.1 Å². The molecule has 298 valence electrons. The summed E-state index contributed by atoms with van der Waals surface area (Å²) < 4.78 is 6.64. The largest absolute Gasteiger partial charge is 0.507 e. The maximum Gasteiger partial charge on any atom is 0.121 e. The van der Waals surface area contributed by atoms with Crippen molar-refractivity contribution in [2.24, 2.45) is 0 Å². The van der Waals surface area contributed by atoms with Crippen molar-refractivity contribution in [3.63, 3.8) is 0 Å². The van der Waals surface area contributed by atoms with Crippen LogP contribution in [0.15, 0.2) is 132 Å². The van der Waals surface area contributed by atoms with Crippen LogP contribution in [0.25, 0.3) is 34.4 Å². The van der Waals surface area contributed by atoms with Crippen molar-refractivity contribution in [1.29, 1.82) is 0 Å². The minimum Gasteiger partial charge on any atom is -0.507 e. The number of fused-ring (bicyclic) bond motifs is 2. The number of hydrogen-bond donors (Lipinski definition) is 2. The number of aryl methyl sites for hydroxylation is 6. The van der Waals surface area contributed by atoms with E-state index in [0.29, 0.717) is 18.8 Å². The standard InChI is InChI=1S/2C17H15.2C9H12O.2CH3.H2Si.Zr/c2*1-2-13-11-15-9-6-10-16(17(15)12-13)14-7-4-3-5-8-14;2*1-6-4-7(2)9(10)8(3)5-6;;;;/h2*3-12H,2H2,1H3;2*4-5,10H,1-3H3;2*1H3;1H2;. The van der Waals surface area contributed by atoms with Gasteiger partial charge in [0.25, 0.3) is 0 Å². The van der Waals surface area contributed by atoms with Gasteiger partial charge in [0.1, 0.15) is 11.5 Å². The summed E-state index contributed by atoms with van der Waals surface area (Å²) in [7, 11) is 0. The van der Waals surface area contributed by atoms with Gasteiger partial charge in [-0.2, -0.15) is 0 Å². The zero-order valence-corrected chi connectivity index (χ0v) is 40.2. The summed E-state index contributed by atoms with van der Waals surface area (Å²) in [5.74, 6) is 0.844. The van der Waals surface area contributed by atoms with Gasteiger partial charge in [-0.25, -0.2) is 0 Å². The molecule has 4 heteroatoms. The first kappa shape index (κ1) is 43.1.